The highest BCUT2D eigenvalue weighted by Gasteiger charge is 2.14. The number of ether oxygens (including phenoxy) is 1. The molecule has 0 N–H and O–H groups in total. The number of hydrogen-bond acceptors (Lipinski definition) is 4. The number of aryl methyl sites for hydroxylation is 4. The summed E-state index contributed by atoms with van der Waals surface area (Å²) in [7, 11) is 0. The molecule has 0 aliphatic rings. The van der Waals surface area contributed by atoms with Crippen molar-refractivity contribution in [2.24, 2.45) is 0 Å². The van der Waals surface area contributed by atoms with Crippen LogP contribution in [-0.4, -0.2) is 16.2 Å². The van der Waals surface area contributed by atoms with Gasteiger partial charge in [-0.1, -0.05) is 12.1 Å². The Morgan fingerprint density at radius 3 is 2.75 bits per heavy atom. The minimum Gasteiger partial charge on any atom is -0.494 e. The van der Waals surface area contributed by atoms with Crippen LogP contribution in [0.3, 0.4) is 0 Å². The van der Waals surface area contributed by atoms with Gasteiger partial charge in [0.2, 0.25) is 0 Å². The lowest BCUT2D eigenvalue weighted by Crippen LogP contribution is -2.24. The van der Waals surface area contributed by atoms with Crippen molar-refractivity contribution in [3.8, 4) is 5.75 Å². The fourth-order valence-corrected chi connectivity index (χ4v) is 3.88. The first-order valence-electron chi connectivity index (χ1n) is 8.14. The molecule has 0 saturated heterocycles. The minimum atomic E-state index is 0.0647. The van der Waals surface area contributed by atoms with E-state index in [4.69, 9.17) is 4.74 Å². The Kier molecular flexibility index (Phi) is 4.71. The van der Waals surface area contributed by atoms with Gasteiger partial charge in [0.25, 0.3) is 5.56 Å². The molecule has 0 bridgehead atoms. The molecule has 2 aromatic heterocycles. The summed E-state index contributed by atoms with van der Waals surface area (Å²) in [5.41, 5.74) is 2.30. The highest BCUT2D eigenvalue weighted by Crippen LogP contribution is 2.26. The van der Waals surface area contributed by atoms with Crippen LogP contribution < -0.4 is 10.3 Å². The average Bonchev–Trinajstić information content (AvgIpc) is 2.81. The molecule has 1 aromatic carbocycles. The van der Waals surface area contributed by atoms with E-state index >= 15 is 0 Å². The van der Waals surface area contributed by atoms with Crippen LogP contribution in [0.25, 0.3) is 10.2 Å². The van der Waals surface area contributed by atoms with Crippen molar-refractivity contribution in [1.82, 2.24) is 9.55 Å². The predicted molar refractivity (Wildman–Crippen MR) is 99.4 cm³/mol. The summed E-state index contributed by atoms with van der Waals surface area (Å²) < 4.78 is 7.53. The monoisotopic (exact) mass is 342 g/mol. The third-order valence-corrected chi connectivity index (χ3v) is 5.37. The first-order valence-corrected chi connectivity index (χ1v) is 8.95. The number of nitrogens with zero attached hydrogens (tertiary/aromatic N) is 2. The predicted octanol–water partition coefficient (Wildman–Crippen LogP) is 4.16. The normalized spacial score (nSPS) is 11.2. The molecule has 24 heavy (non-hydrogen) atoms. The second-order valence-corrected chi connectivity index (χ2v) is 7.30. The van der Waals surface area contributed by atoms with Gasteiger partial charge in [-0.25, -0.2) is 4.98 Å². The molecule has 0 aliphatic heterocycles. The molecule has 3 rings (SSSR count). The van der Waals surface area contributed by atoms with E-state index in [9.17, 15) is 4.79 Å². The molecule has 5 heteroatoms. The maximum absolute atomic E-state index is 12.8. The number of benzene rings is 1. The molecule has 4 nitrogen and oxygen atoms in total. The van der Waals surface area contributed by atoms with Crippen LogP contribution in [0.5, 0.6) is 5.75 Å². The zero-order valence-electron chi connectivity index (χ0n) is 14.5. The van der Waals surface area contributed by atoms with E-state index in [1.165, 1.54) is 5.56 Å². The Hall–Kier alpha value is -2.14. The van der Waals surface area contributed by atoms with Gasteiger partial charge in [0.1, 0.15) is 16.4 Å². The lowest BCUT2D eigenvalue weighted by molar-refractivity contribution is 0.300. The summed E-state index contributed by atoms with van der Waals surface area (Å²) in [5.74, 6) is 1.64. The number of fused-ring (bicyclic) bond motifs is 1. The Labute approximate surface area is 145 Å². The van der Waals surface area contributed by atoms with Gasteiger partial charge < -0.3 is 4.74 Å². The highest BCUT2D eigenvalue weighted by atomic mass is 32.1. The van der Waals surface area contributed by atoms with Crippen LogP contribution in [0.15, 0.2) is 29.1 Å². The van der Waals surface area contributed by atoms with Gasteiger partial charge in [0, 0.05) is 11.4 Å². The van der Waals surface area contributed by atoms with E-state index in [1.54, 1.807) is 15.9 Å². The molecular formula is C19H22N2O2S. The third kappa shape index (κ3) is 3.22. The molecule has 0 atom stereocenters. The second-order valence-electron chi connectivity index (χ2n) is 6.10. The quantitative estimate of drug-likeness (QED) is 0.654. The fourth-order valence-electron chi connectivity index (χ4n) is 2.81. The summed E-state index contributed by atoms with van der Waals surface area (Å²) in [5, 5.41) is 0.766. The van der Waals surface area contributed by atoms with Crippen molar-refractivity contribution < 1.29 is 4.74 Å². The molecule has 0 radical (unpaired) electrons. The molecule has 0 saturated carbocycles. The Bertz CT molecular complexity index is 940. The largest absolute Gasteiger partial charge is 0.494 e. The Morgan fingerprint density at radius 1 is 1.21 bits per heavy atom. The van der Waals surface area contributed by atoms with Crippen molar-refractivity contribution in [2.75, 3.05) is 6.61 Å². The topological polar surface area (TPSA) is 44.1 Å². The van der Waals surface area contributed by atoms with Gasteiger partial charge in [-0.05, 0) is 57.4 Å². The molecule has 2 heterocycles. The van der Waals surface area contributed by atoms with Crippen LogP contribution in [0, 0.1) is 27.7 Å². The fraction of sp³-hybridized carbons (Fsp3) is 0.368. The van der Waals surface area contributed by atoms with Crippen LogP contribution >= 0.6 is 11.3 Å². The molecular weight excluding hydrogens is 320 g/mol. The summed E-state index contributed by atoms with van der Waals surface area (Å²) in [6.45, 7) is 9.17. The third-order valence-electron chi connectivity index (χ3n) is 4.26. The Morgan fingerprint density at radius 2 is 2.00 bits per heavy atom. The van der Waals surface area contributed by atoms with Gasteiger partial charge in [0.15, 0.2) is 0 Å². The minimum absolute atomic E-state index is 0.0647. The smallest absolute Gasteiger partial charge is 0.262 e. The highest BCUT2D eigenvalue weighted by molar-refractivity contribution is 7.18. The maximum atomic E-state index is 12.8. The van der Waals surface area contributed by atoms with Gasteiger partial charge in [-0.3, -0.25) is 9.36 Å². The average molecular weight is 342 g/mol. The van der Waals surface area contributed by atoms with E-state index in [0.29, 0.717) is 13.2 Å². The molecule has 3 aromatic rings. The number of aromatic nitrogens is 2. The first kappa shape index (κ1) is 16.7. The summed E-state index contributed by atoms with van der Waals surface area (Å²) in [4.78, 5) is 19.4. The second kappa shape index (κ2) is 6.77. The molecule has 0 amide bonds. The van der Waals surface area contributed by atoms with Gasteiger partial charge in [0.05, 0.1) is 12.0 Å². The van der Waals surface area contributed by atoms with Crippen LogP contribution in [0.1, 0.15) is 28.2 Å². The maximum Gasteiger partial charge on any atom is 0.262 e. The molecule has 0 aliphatic carbocycles. The zero-order valence-corrected chi connectivity index (χ0v) is 15.4. The number of thiophene rings is 1. The van der Waals surface area contributed by atoms with Crippen LogP contribution in [-0.2, 0) is 6.54 Å². The lowest BCUT2D eigenvalue weighted by atomic mass is 10.2. The van der Waals surface area contributed by atoms with Crippen molar-refractivity contribution in [1.29, 1.82) is 0 Å². The Balaban J connectivity index is 1.73. The van der Waals surface area contributed by atoms with Gasteiger partial charge in [-0.2, -0.15) is 0 Å². The molecule has 0 spiro atoms. The van der Waals surface area contributed by atoms with Crippen molar-refractivity contribution >= 4 is 21.6 Å². The summed E-state index contributed by atoms with van der Waals surface area (Å²) in [6.07, 6.45) is 0.768. The van der Waals surface area contributed by atoms with Crippen molar-refractivity contribution in [2.45, 2.75) is 40.7 Å². The lowest BCUT2D eigenvalue weighted by Gasteiger charge is -2.11. The SMILES string of the molecule is Cc1cccc(OCCCn2c(C)nc3sc(C)c(C)c3c2=O)c1. The number of rotatable bonds is 5. The molecule has 0 unspecified atom stereocenters. The van der Waals surface area contributed by atoms with E-state index in [-0.39, 0.29) is 5.56 Å². The zero-order chi connectivity index (χ0) is 17.3. The van der Waals surface area contributed by atoms with Gasteiger partial charge >= 0.3 is 0 Å². The standard InChI is InChI=1S/C19H22N2O2S/c1-12-7-5-8-16(11-12)23-10-6-9-21-15(4)20-18-17(19(21)22)13(2)14(3)24-18/h5,7-8,11H,6,9-10H2,1-4H3. The van der Waals surface area contributed by atoms with E-state index in [1.807, 2.05) is 52.0 Å². The van der Waals surface area contributed by atoms with Gasteiger partial charge in [-0.15, -0.1) is 11.3 Å². The van der Waals surface area contributed by atoms with Crippen LogP contribution in [0.2, 0.25) is 0 Å². The van der Waals surface area contributed by atoms with Crippen LogP contribution in [0.4, 0.5) is 0 Å². The van der Waals surface area contributed by atoms with Crippen molar-refractivity contribution in [3.05, 3.63) is 56.4 Å². The number of hydrogen-bond donors (Lipinski definition) is 0. The van der Waals surface area contributed by atoms with E-state index in [0.717, 1.165) is 38.7 Å². The van der Waals surface area contributed by atoms with E-state index in [2.05, 4.69) is 4.98 Å². The van der Waals surface area contributed by atoms with Crippen molar-refractivity contribution in [3.63, 3.8) is 0 Å². The molecule has 0 fully saturated rings. The first-order chi connectivity index (χ1) is 11.5. The van der Waals surface area contributed by atoms with E-state index < -0.39 is 0 Å². The molecule has 126 valence electrons. The summed E-state index contributed by atoms with van der Waals surface area (Å²) >= 11 is 1.59. The summed E-state index contributed by atoms with van der Waals surface area (Å²) in [6, 6.07) is 8.00.